The molecule has 0 aliphatic heterocycles. The molecule has 1 aliphatic rings. The number of fused-ring (bicyclic) bond motifs is 1. The number of benzene rings is 1. The summed E-state index contributed by atoms with van der Waals surface area (Å²) in [5.74, 6) is 1.63. The molecule has 2 atom stereocenters. The van der Waals surface area contributed by atoms with Gasteiger partial charge in [0, 0.05) is 11.8 Å². The molecule has 1 aliphatic carbocycles. The third-order valence-electron chi connectivity index (χ3n) is 5.30. The Balaban J connectivity index is 1.82. The minimum Gasteiger partial charge on any atom is -0.497 e. The van der Waals surface area contributed by atoms with Crippen LogP contribution in [-0.2, 0) is 17.6 Å². The lowest BCUT2D eigenvalue weighted by atomic mass is 9.87. The van der Waals surface area contributed by atoms with Crippen molar-refractivity contribution in [3.05, 3.63) is 41.1 Å². The van der Waals surface area contributed by atoms with Crippen LogP contribution in [0, 0.1) is 17.2 Å². The number of ether oxygens (including phenoxy) is 2. The minimum atomic E-state index is -0.388. The molecule has 7 heteroatoms. The van der Waals surface area contributed by atoms with Crippen LogP contribution in [0.15, 0.2) is 29.3 Å². The number of carbonyl (C=O) groups is 1. The van der Waals surface area contributed by atoms with Gasteiger partial charge in [-0.3, -0.25) is 4.79 Å². The molecule has 1 N–H and O–H groups in total. The number of hydrogen-bond acceptors (Lipinski definition) is 6. The average molecular weight is 426 g/mol. The van der Waals surface area contributed by atoms with Gasteiger partial charge in [0.15, 0.2) is 0 Å². The number of nitrogens with zero attached hydrogens (tertiary/aromatic N) is 2. The van der Waals surface area contributed by atoms with Gasteiger partial charge in [0.2, 0.25) is 5.91 Å². The molecule has 0 saturated heterocycles. The molecule has 0 saturated carbocycles. The van der Waals surface area contributed by atoms with Gasteiger partial charge in [-0.2, -0.15) is 5.26 Å². The first-order valence-corrected chi connectivity index (χ1v) is 11.0. The Bertz CT molecular complexity index is 971. The van der Waals surface area contributed by atoms with Gasteiger partial charge < -0.3 is 14.8 Å². The fraction of sp³-hybridized carbons (Fsp3) is 0.435. The van der Waals surface area contributed by atoms with E-state index in [1.54, 1.807) is 32.4 Å². The molecule has 2 unspecified atom stereocenters. The number of thioether (sulfide) groups is 1. The second kappa shape index (κ2) is 9.86. The predicted molar refractivity (Wildman–Crippen MR) is 118 cm³/mol. The van der Waals surface area contributed by atoms with Gasteiger partial charge in [0.1, 0.15) is 22.6 Å². The molecular weight excluding hydrogens is 398 g/mol. The summed E-state index contributed by atoms with van der Waals surface area (Å²) in [6, 6.07) is 9.47. The van der Waals surface area contributed by atoms with E-state index in [1.807, 2.05) is 13.0 Å². The van der Waals surface area contributed by atoms with Crippen molar-refractivity contribution in [2.75, 3.05) is 19.5 Å². The van der Waals surface area contributed by atoms with E-state index in [1.165, 1.54) is 11.8 Å². The number of pyridine rings is 1. The Kier molecular flexibility index (Phi) is 7.22. The summed E-state index contributed by atoms with van der Waals surface area (Å²) in [6.07, 6.45) is 3.57. The number of nitrogens with one attached hydrogen (secondary N) is 1. The first kappa shape index (κ1) is 22.0. The first-order valence-electron chi connectivity index (χ1n) is 10.1. The fourth-order valence-corrected chi connectivity index (χ4v) is 4.58. The van der Waals surface area contributed by atoms with Gasteiger partial charge >= 0.3 is 0 Å². The molecule has 158 valence electrons. The van der Waals surface area contributed by atoms with Crippen molar-refractivity contribution in [2.45, 2.75) is 49.8 Å². The molecular formula is C23H27N3O3S. The Hall–Kier alpha value is -2.72. The third kappa shape index (κ3) is 4.88. The Morgan fingerprint density at radius 1 is 1.37 bits per heavy atom. The zero-order chi connectivity index (χ0) is 21.7. The molecule has 0 spiro atoms. The van der Waals surface area contributed by atoms with Crippen LogP contribution in [0.5, 0.6) is 11.5 Å². The smallest absolute Gasteiger partial charge is 0.238 e. The van der Waals surface area contributed by atoms with E-state index in [4.69, 9.17) is 14.5 Å². The first-order chi connectivity index (χ1) is 14.5. The third-order valence-corrected chi connectivity index (χ3v) is 6.67. The van der Waals surface area contributed by atoms with Crippen molar-refractivity contribution < 1.29 is 14.3 Å². The highest BCUT2D eigenvalue weighted by atomic mass is 32.2. The highest BCUT2D eigenvalue weighted by Gasteiger charge is 2.24. The fourth-order valence-electron chi connectivity index (χ4n) is 3.58. The number of carbonyl (C=O) groups excluding carboxylic acids is 1. The Labute approximate surface area is 182 Å². The van der Waals surface area contributed by atoms with Crippen molar-refractivity contribution in [3.63, 3.8) is 0 Å². The van der Waals surface area contributed by atoms with Gasteiger partial charge in [0.25, 0.3) is 0 Å². The molecule has 1 aromatic carbocycles. The van der Waals surface area contributed by atoms with E-state index in [-0.39, 0.29) is 11.2 Å². The Morgan fingerprint density at radius 2 is 2.17 bits per heavy atom. The highest BCUT2D eigenvalue weighted by Crippen LogP contribution is 2.34. The Morgan fingerprint density at radius 3 is 2.83 bits per heavy atom. The van der Waals surface area contributed by atoms with Crippen LogP contribution in [0.4, 0.5) is 5.69 Å². The quantitative estimate of drug-likeness (QED) is 0.653. The maximum atomic E-state index is 13.0. The number of aromatic nitrogens is 1. The van der Waals surface area contributed by atoms with Crippen LogP contribution in [0.2, 0.25) is 0 Å². The van der Waals surface area contributed by atoms with Gasteiger partial charge in [0.05, 0.1) is 30.7 Å². The monoisotopic (exact) mass is 425 g/mol. The summed E-state index contributed by atoms with van der Waals surface area (Å²) >= 11 is 1.35. The number of hydrogen-bond donors (Lipinski definition) is 1. The van der Waals surface area contributed by atoms with Crippen molar-refractivity contribution >= 4 is 23.4 Å². The van der Waals surface area contributed by atoms with Crippen LogP contribution in [0.3, 0.4) is 0 Å². The molecule has 1 aromatic heterocycles. The van der Waals surface area contributed by atoms with E-state index in [2.05, 4.69) is 18.3 Å². The maximum Gasteiger partial charge on any atom is 0.238 e. The second-order valence-electron chi connectivity index (χ2n) is 7.48. The number of amides is 1. The lowest BCUT2D eigenvalue weighted by molar-refractivity contribution is -0.115. The lowest BCUT2D eigenvalue weighted by Gasteiger charge is -2.22. The second-order valence-corrected chi connectivity index (χ2v) is 8.67. The van der Waals surface area contributed by atoms with Gasteiger partial charge in [-0.25, -0.2) is 4.98 Å². The summed E-state index contributed by atoms with van der Waals surface area (Å²) in [5.41, 5.74) is 3.31. The van der Waals surface area contributed by atoms with E-state index in [0.717, 1.165) is 30.5 Å². The largest absolute Gasteiger partial charge is 0.497 e. The van der Waals surface area contributed by atoms with Crippen LogP contribution in [0.25, 0.3) is 0 Å². The summed E-state index contributed by atoms with van der Waals surface area (Å²) in [6.45, 7) is 4.17. The average Bonchev–Trinajstić information content (AvgIpc) is 2.76. The van der Waals surface area contributed by atoms with Gasteiger partial charge in [-0.1, -0.05) is 25.6 Å². The van der Waals surface area contributed by atoms with E-state index >= 15 is 0 Å². The summed E-state index contributed by atoms with van der Waals surface area (Å²) < 4.78 is 10.6. The standard InChI is InChI=1S/C23H27N3O3S/c1-5-21(22(27)25-19-12-17(28-3)7-9-20(19)29-4)30-23-16(13-24)11-15-10-14(2)6-8-18(15)26-23/h7,9,11-12,14,21H,5-6,8,10H2,1-4H3,(H,25,27). The number of methoxy groups -OCH3 is 2. The normalized spacial score (nSPS) is 16.2. The molecule has 1 amide bonds. The zero-order valence-electron chi connectivity index (χ0n) is 17.8. The minimum absolute atomic E-state index is 0.161. The van der Waals surface area contributed by atoms with Crippen LogP contribution in [-0.4, -0.2) is 30.4 Å². The predicted octanol–water partition coefficient (Wildman–Crippen LogP) is 4.60. The van der Waals surface area contributed by atoms with Crippen molar-refractivity contribution in [2.24, 2.45) is 5.92 Å². The molecule has 0 bridgehead atoms. The molecule has 0 fully saturated rings. The van der Waals surface area contributed by atoms with Crippen LogP contribution < -0.4 is 14.8 Å². The molecule has 30 heavy (non-hydrogen) atoms. The summed E-state index contributed by atoms with van der Waals surface area (Å²) in [4.78, 5) is 17.8. The molecule has 0 radical (unpaired) electrons. The summed E-state index contributed by atoms with van der Waals surface area (Å²) in [7, 11) is 3.13. The van der Waals surface area contributed by atoms with Crippen molar-refractivity contribution in [3.8, 4) is 17.6 Å². The number of nitriles is 1. The lowest BCUT2D eigenvalue weighted by Crippen LogP contribution is -2.25. The van der Waals surface area contributed by atoms with E-state index in [9.17, 15) is 10.1 Å². The van der Waals surface area contributed by atoms with E-state index < -0.39 is 0 Å². The van der Waals surface area contributed by atoms with Crippen molar-refractivity contribution in [1.29, 1.82) is 5.26 Å². The topological polar surface area (TPSA) is 84.2 Å². The number of anilines is 1. The molecule has 1 heterocycles. The number of rotatable bonds is 7. The van der Waals surface area contributed by atoms with Crippen LogP contribution >= 0.6 is 11.8 Å². The zero-order valence-corrected chi connectivity index (χ0v) is 18.6. The SMILES string of the molecule is CCC(Sc1nc2c(cc1C#N)CC(C)CC2)C(=O)Nc1cc(OC)ccc1OC. The molecule has 6 nitrogen and oxygen atoms in total. The maximum absolute atomic E-state index is 13.0. The van der Waals surface area contributed by atoms with Gasteiger partial charge in [-0.15, -0.1) is 0 Å². The summed E-state index contributed by atoms with van der Waals surface area (Å²) in [5, 5.41) is 12.8. The molecule has 2 aromatic rings. The van der Waals surface area contributed by atoms with Crippen molar-refractivity contribution in [1.82, 2.24) is 4.98 Å². The number of aryl methyl sites for hydroxylation is 1. The van der Waals surface area contributed by atoms with Crippen LogP contribution in [0.1, 0.15) is 43.5 Å². The van der Waals surface area contributed by atoms with E-state index in [0.29, 0.717) is 40.1 Å². The molecule has 3 rings (SSSR count). The van der Waals surface area contributed by atoms with Gasteiger partial charge in [-0.05, 0) is 55.4 Å². The highest BCUT2D eigenvalue weighted by molar-refractivity contribution is 8.00.